The molecular weight excluding hydrogens is 326 g/mol. The molecule has 0 aromatic heterocycles. The summed E-state index contributed by atoms with van der Waals surface area (Å²) in [6.07, 6.45) is 0.139. The van der Waals surface area contributed by atoms with Crippen LogP contribution in [0.4, 0.5) is 0 Å². The lowest BCUT2D eigenvalue weighted by Crippen LogP contribution is -2.44. The van der Waals surface area contributed by atoms with Crippen LogP contribution in [0.3, 0.4) is 0 Å². The predicted octanol–water partition coefficient (Wildman–Crippen LogP) is 4.49. The second-order valence-corrected chi connectivity index (χ2v) is 7.69. The zero-order valence-electron chi connectivity index (χ0n) is 16.1. The maximum Gasteiger partial charge on any atom is 0.261 e. The molecule has 0 saturated heterocycles. The summed E-state index contributed by atoms with van der Waals surface area (Å²) in [7, 11) is 0. The largest absolute Gasteiger partial charge is 0.487 e. The number of carbonyl (C=O) groups is 1. The monoisotopic (exact) mass is 353 g/mol. The van der Waals surface area contributed by atoms with Crippen LogP contribution in [0.15, 0.2) is 42.5 Å². The van der Waals surface area contributed by atoms with Crippen LogP contribution in [0.1, 0.15) is 49.9 Å². The van der Waals surface area contributed by atoms with E-state index in [1.54, 1.807) is 6.92 Å². The Kier molecular flexibility index (Phi) is 4.94. The standard InChI is InChI=1S/C22H27NO3/c1-14-10-11-15(2)20(12-14)25-16(3)21(24)23-18-13-22(4,5)26-19-9-7-6-8-17(18)19/h6-12,16,18H,13H2,1-5H3,(H,23,24)/t16-,18+/m0/s1. The van der Waals surface area contributed by atoms with E-state index in [9.17, 15) is 4.79 Å². The number of hydrogen-bond donors (Lipinski definition) is 1. The minimum atomic E-state index is -0.575. The first kappa shape index (κ1) is 18.3. The Hall–Kier alpha value is -2.49. The SMILES string of the molecule is Cc1ccc(C)c(O[C@@H](C)C(=O)N[C@@H]2CC(C)(C)Oc3ccccc32)c1. The van der Waals surface area contributed by atoms with E-state index in [0.29, 0.717) is 6.42 Å². The predicted molar refractivity (Wildman–Crippen MR) is 103 cm³/mol. The van der Waals surface area contributed by atoms with Crippen LogP contribution in [0.25, 0.3) is 0 Å². The summed E-state index contributed by atoms with van der Waals surface area (Å²) in [5, 5.41) is 3.14. The number of benzene rings is 2. The van der Waals surface area contributed by atoms with Crippen molar-refractivity contribution >= 4 is 5.91 Å². The summed E-state index contributed by atoms with van der Waals surface area (Å²) in [4.78, 5) is 12.8. The van der Waals surface area contributed by atoms with Crippen molar-refractivity contribution in [2.75, 3.05) is 0 Å². The van der Waals surface area contributed by atoms with Crippen LogP contribution in [-0.4, -0.2) is 17.6 Å². The van der Waals surface area contributed by atoms with Crippen molar-refractivity contribution in [3.8, 4) is 11.5 Å². The third-order valence-electron chi connectivity index (χ3n) is 4.71. The summed E-state index contributed by atoms with van der Waals surface area (Å²) < 4.78 is 12.0. The molecule has 0 aliphatic carbocycles. The maximum atomic E-state index is 12.8. The maximum absolute atomic E-state index is 12.8. The highest BCUT2D eigenvalue weighted by molar-refractivity contribution is 5.81. The van der Waals surface area contributed by atoms with E-state index < -0.39 is 6.10 Å². The van der Waals surface area contributed by atoms with Gasteiger partial charge in [-0.25, -0.2) is 0 Å². The minimum Gasteiger partial charge on any atom is -0.487 e. The quantitative estimate of drug-likeness (QED) is 0.881. The van der Waals surface area contributed by atoms with Crippen molar-refractivity contribution in [2.45, 2.75) is 58.8 Å². The number of rotatable bonds is 4. The molecule has 0 saturated carbocycles. The number of amides is 1. The third-order valence-corrected chi connectivity index (χ3v) is 4.71. The first-order valence-corrected chi connectivity index (χ1v) is 9.07. The molecule has 3 rings (SSSR count). The van der Waals surface area contributed by atoms with Gasteiger partial charge in [0.1, 0.15) is 17.1 Å². The number of aryl methyl sites for hydroxylation is 2. The molecule has 1 N–H and O–H groups in total. The lowest BCUT2D eigenvalue weighted by molar-refractivity contribution is -0.128. The zero-order valence-corrected chi connectivity index (χ0v) is 16.1. The van der Waals surface area contributed by atoms with Gasteiger partial charge in [0.25, 0.3) is 5.91 Å². The molecule has 0 fully saturated rings. The Bertz CT molecular complexity index is 813. The van der Waals surface area contributed by atoms with Crippen LogP contribution < -0.4 is 14.8 Å². The second-order valence-electron chi connectivity index (χ2n) is 7.69. The van der Waals surface area contributed by atoms with E-state index in [0.717, 1.165) is 28.2 Å². The Labute approximate surface area is 155 Å². The highest BCUT2D eigenvalue weighted by Gasteiger charge is 2.35. The fourth-order valence-corrected chi connectivity index (χ4v) is 3.30. The average molecular weight is 353 g/mol. The Morgan fingerprint density at radius 1 is 1.23 bits per heavy atom. The first-order chi connectivity index (χ1) is 12.2. The van der Waals surface area contributed by atoms with Crippen LogP contribution in [0.5, 0.6) is 11.5 Å². The van der Waals surface area contributed by atoms with E-state index in [1.165, 1.54) is 0 Å². The molecule has 138 valence electrons. The van der Waals surface area contributed by atoms with Crippen molar-refractivity contribution in [3.05, 3.63) is 59.2 Å². The van der Waals surface area contributed by atoms with Gasteiger partial charge in [0.05, 0.1) is 6.04 Å². The van der Waals surface area contributed by atoms with E-state index in [2.05, 4.69) is 5.32 Å². The fourth-order valence-electron chi connectivity index (χ4n) is 3.30. The molecule has 1 heterocycles. The highest BCUT2D eigenvalue weighted by Crippen LogP contribution is 2.39. The van der Waals surface area contributed by atoms with E-state index in [4.69, 9.17) is 9.47 Å². The molecule has 1 amide bonds. The Morgan fingerprint density at radius 2 is 1.96 bits per heavy atom. The molecule has 0 unspecified atom stereocenters. The number of ether oxygens (including phenoxy) is 2. The van der Waals surface area contributed by atoms with Crippen LogP contribution >= 0.6 is 0 Å². The molecule has 1 aliphatic heterocycles. The number of nitrogens with one attached hydrogen (secondary N) is 1. The lowest BCUT2D eigenvalue weighted by atomic mass is 9.89. The number of fused-ring (bicyclic) bond motifs is 1. The molecule has 4 nitrogen and oxygen atoms in total. The Balaban J connectivity index is 1.74. The van der Waals surface area contributed by atoms with Gasteiger partial charge in [0.15, 0.2) is 6.10 Å². The van der Waals surface area contributed by atoms with Crippen molar-refractivity contribution < 1.29 is 14.3 Å². The van der Waals surface area contributed by atoms with Crippen molar-refractivity contribution in [1.82, 2.24) is 5.32 Å². The van der Waals surface area contributed by atoms with Gasteiger partial charge in [-0.3, -0.25) is 4.79 Å². The molecule has 0 radical (unpaired) electrons. The molecule has 1 aliphatic rings. The fraction of sp³-hybridized carbons (Fsp3) is 0.409. The zero-order chi connectivity index (χ0) is 18.9. The van der Waals surface area contributed by atoms with Gasteiger partial charge in [-0.15, -0.1) is 0 Å². The van der Waals surface area contributed by atoms with E-state index in [1.807, 2.05) is 70.2 Å². The van der Waals surface area contributed by atoms with Crippen LogP contribution in [0, 0.1) is 13.8 Å². The minimum absolute atomic E-state index is 0.0906. The van der Waals surface area contributed by atoms with Gasteiger partial charge in [0.2, 0.25) is 0 Å². The molecular formula is C22H27NO3. The Morgan fingerprint density at radius 3 is 2.73 bits per heavy atom. The second kappa shape index (κ2) is 7.02. The first-order valence-electron chi connectivity index (χ1n) is 9.07. The smallest absolute Gasteiger partial charge is 0.261 e. The summed E-state index contributed by atoms with van der Waals surface area (Å²) >= 11 is 0. The molecule has 2 aromatic carbocycles. The van der Waals surface area contributed by atoms with Gasteiger partial charge in [-0.1, -0.05) is 30.3 Å². The van der Waals surface area contributed by atoms with Crippen molar-refractivity contribution in [3.63, 3.8) is 0 Å². The molecule has 2 aromatic rings. The topological polar surface area (TPSA) is 47.6 Å². The summed E-state index contributed by atoms with van der Waals surface area (Å²) in [5.74, 6) is 1.46. The molecule has 26 heavy (non-hydrogen) atoms. The van der Waals surface area contributed by atoms with E-state index >= 15 is 0 Å². The van der Waals surface area contributed by atoms with Gasteiger partial charge in [-0.05, 0) is 57.9 Å². The van der Waals surface area contributed by atoms with Gasteiger partial charge in [-0.2, -0.15) is 0 Å². The summed E-state index contributed by atoms with van der Waals surface area (Å²) in [6.45, 7) is 9.86. The summed E-state index contributed by atoms with van der Waals surface area (Å²) in [6, 6.07) is 13.8. The number of carbonyl (C=O) groups excluding carboxylic acids is 1. The highest BCUT2D eigenvalue weighted by atomic mass is 16.5. The summed E-state index contributed by atoms with van der Waals surface area (Å²) in [5.41, 5.74) is 2.81. The lowest BCUT2D eigenvalue weighted by Gasteiger charge is -2.38. The number of hydrogen-bond acceptors (Lipinski definition) is 3. The number of para-hydroxylation sites is 1. The molecule has 0 bridgehead atoms. The van der Waals surface area contributed by atoms with Crippen LogP contribution in [-0.2, 0) is 4.79 Å². The van der Waals surface area contributed by atoms with Gasteiger partial charge < -0.3 is 14.8 Å². The van der Waals surface area contributed by atoms with Gasteiger partial charge in [0, 0.05) is 12.0 Å². The van der Waals surface area contributed by atoms with Gasteiger partial charge >= 0.3 is 0 Å². The van der Waals surface area contributed by atoms with Crippen molar-refractivity contribution in [1.29, 1.82) is 0 Å². The average Bonchev–Trinajstić information content (AvgIpc) is 2.57. The molecule has 0 spiro atoms. The van der Waals surface area contributed by atoms with Crippen molar-refractivity contribution in [2.24, 2.45) is 0 Å². The molecule has 2 atom stereocenters. The molecule has 4 heteroatoms. The van der Waals surface area contributed by atoms with Crippen LogP contribution in [0.2, 0.25) is 0 Å². The normalized spacial score (nSPS) is 19.0. The van der Waals surface area contributed by atoms with E-state index in [-0.39, 0.29) is 17.6 Å². The third kappa shape index (κ3) is 4.01.